The van der Waals surface area contributed by atoms with Crippen molar-refractivity contribution in [2.75, 3.05) is 13.2 Å². The van der Waals surface area contributed by atoms with E-state index in [4.69, 9.17) is 5.11 Å². The third-order valence-electron chi connectivity index (χ3n) is 1.58. The second-order valence-electron chi connectivity index (χ2n) is 2.61. The van der Waals surface area contributed by atoms with Crippen LogP contribution in [0.2, 0.25) is 0 Å². The monoisotopic (exact) mass is 261 g/mol. The van der Waals surface area contributed by atoms with E-state index in [0.717, 1.165) is 6.07 Å². The molecule has 0 bridgehead atoms. The van der Waals surface area contributed by atoms with Gasteiger partial charge < -0.3 is 10.4 Å². The van der Waals surface area contributed by atoms with Gasteiger partial charge in [0.25, 0.3) is 5.91 Å². The van der Waals surface area contributed by atoms with Crippen molar-refractivity contribution in [1.82, 2.24) is 5.32 Å². The standard InChI is InChI=1S/C9H9BrFNO2/c10-7-2-1-6(5-8(7)11)9(14)12-3-4-13/h1-2,5,13H,3-4H2,(H,12,14). The van der Waals surface area contributed by atoms with E-state index in [-0.39, 0.29) is 18.7 Å². The van der Waals surface area contributed by atoms with Crippen molar-refractivity contribution in [3.8, 4) is 0 Å². The lowest BCUT2D eigenvalue weighted by molar-refractivity contribution is 0.0944. The molecule has 0 radical (unpaired) electrons. The number of amides is 1. The van der Waals surface area contributed by atoms with Crippen LogP contribution in [0.25, 0.3) is 0 Å². The molecule has 1 amide bonds. The smallest absolute Gasteiger partial charge is 0.251 e. The zero-order valence-electron chi connectivity index (χ0n) is 7.26. The molecule has 0 saturated carbocycles. The first-order chi connectivity index (χ1) is 6.65. The number of aliphatic hydroxyl groups is 1. The predicted molar refractivity (Wildman–Crippen MR) is 53.5 cm³/mol. The number of nitrogens with one attached hydrogen (secondary N) is 1. The van der Waals surface area contributed by atoms with E-state index in [2.05, 4.69) is 21.2 Å². The minimum absolute atomic E-state index is 0.134. The molecule has 0 aliphatic heterocycles. The Kier molecular flexibility index (Phi) is 4.03. The molecule has 76 valence electrons. The second-order valence-corrected chi connectivity index (χ2v) is 3.46. The van der Waals surface area contributed by atoms with Gasteiger partial charge in [-0.1, -0.05) is 0 Å². The molecule has 14 heavy (non-hydrogen) atoms. The predicted octanol–water partition coefficient (Wildman–Crippen LogP) is 1.31. The summed E-state index contributed by atoms with van der Waals surface area (Å²) < 4.78 is 13.3. The van der Waals surface area contributed by atoms with Crippen LogP contribution in [0, 0.1) is 5.82 Å². The Morgan fingerprint density at radius 3 is 2.86 bits per heavy atom. The summed E-state index contributed by atoms with van der Waals surface area (Å²) in [4.78, 5) is 11.3. The van der Waals surface area contributed by atoms with Gasteiger partial charge in [-0.25, -0.2) is 4.39 Å². The first-order valence-corrected chi connectivity index (χ1v) is 4.78. The van der Waals surface area contributed by atoms with Crippen molar-refractivity contribution >= 4 is 21.8 Å². The maximum absolute atomic E-state index is 13.0. The fourth-order valence-electron chi connectivity index (χ4n) is 0.909. The highest BCUT2D eigenvalue weighted by Crippen LogP contribution is 2.16. The Morgan fingerprint density at radius 2 is 2.29 bits per heavy atom. The van der Waals surface area contributed by atoms with Gasteiger partial charge in [0.1, 0.15) is 5.82 Å². The average molecular weight is 262 g/mol. The maximum Gasteiger partial charge on any atom is 0.251 e. The lowest BCUT2D eigenvalue weighted by atomic mass is 10.2. The van der Waals surface area contributed by atoms with Crippen LogP contribution in [0.4, 0.5) is 4.39 Å². The van der Waals surface area contributed by atoms with Gasteiger partial charge in [-0.05, 0) is 34.1 Å². The van der Waals surface area contributed by atoms with E-state index in [9.17, 15) is 9.18 Å². The molecule has 0 aliphatic carbocycles. The first-order valence-electron chi connectivity index (χ1n) is 3.99. The summed E-state index contributed by atoms with van der Waals surface area (Å²) in [5.74, 6) is -0.882. The summed E-state index contributed by atoms with van der Waals surface area (Å²) in [5.41, 5.74) is 0.235. The molecule has 0 unspecified atom stereocenters. The van der Waals surface area contributed by atoms with Crippen LogP contribution in [0.1, 0.15) is 10.4 Å². The third-order valence-corrected chi connectivity index (χ3v) is 2.22. The quantitative estimate of drug-likeness (QED) is 0.862. The van der Waals surface area contributed by atoms with Crippen LogP contribution in [0.3, 0.4) is 0 Å². The number of rotatable bonds is 3. The summed E-state index contributed by atoms with van der Waals surface area (Å²) in [7, 11) is 0. The van der Waals surface area contributed by atoms with E-state index in [0.29, 0.717) is 4.47 Å². The van der Waals surface area contributed by atoms with Crippen LogP contribution in [-0.2, 0) is 0 Å². The molecular weight excluding hydrogens is 253 g/mol. The number of carbonyl (C=O) groups is 1. The highest BCUT2D eigenvalue weighted by Gasteiger charge is 2.07. The molecule has 2 N–H and O–H groups in total. The molecule has 0 heterocycles. The van der Waals surface area contributed by atoms with Crippen molar-refractivity contribution in [2.24, 2.45) is 0 Å². The van der Waals surface area contributed by atoms with Crippen LogP contribution >= 0.6 is 15.9 Å². The number of aliphatic hydroxyl groups excluding tert-OH is 1. The van der Waals surface area contributed by atoms with Crippen molar-refractivity contribution in [3.05, 3.63) is 34.1 Å². The maximum atomic E-state index is 13.0. The molecule has 0 saturated heterocycles. The summed E-state index contributed by atoms with van der Waals surface area (Å²) in [6.45, 7) is 0.0290. The Hall–Kier alpha value is -0.940. The van der Waals surface area contributed by atoms with E-state index >= 15 is 0 Å². The number of benzene rings is 1. The van der Waals surface area contributed by atoms with Gasteiger partial charge in [-0.2, -0.15) is 0 Å². The number of hydrogen-bond donors (Lipinski definition) is 2. The number of hydrogen-bond acceptors (Lipinski definition) is 2. The summed E-state index contributed by atoms with van der Waals surface area (Å²) in [6, 6.07) is 4.10. The lowest BCUT2D eigenvalue weighted by Gasteiger charge is -2.03. The normalized spacial score (nSPS) is 9.93. The molecular formula is C9H9BrFNO2. The minimum Gasteiger partial charge on any atom is -0.395 e. The van der Waals surface area contributed by atoms with E-state index in [1.165, 1.54) is 12.1 Å². The van der Waals surface area contributed by atoms with Crippen molar-refractivity contribution in [2.45, 2.75) is 0 Å². The Labute approximate surface area is 89.1 Å². The van der Waals surface area contributed by atoms with Gasteiger partial charge in [-0.15, -0.1) is 0 Å². The summed E-state index contributed by atoms with van der Waals surface area (Å²) >= 11 is 2.98. The van der Waals surface area contributed by atoms with Gasteiger partial charge >= 0.3 is 0 Å². The highest BCUT2D eigenvalue weighted by atomic mass is 79.9. The van der Waals surface area contributed by atoms with Crippen molar-refractivity contribution in [3.63, 3.8) is 0 Å². The molecule has 3 nitrogen and oxygen atoms in total. The largest absolute Gasteiger partial charge is 0.395 e. The molecule has 0 spiro atoms. The van der Waals surface area contributed by atoms with Gasteiger partial charge in [0.05, 0.1) is 11.1 Å². The van der Waals surface area contributed by atoms with Gasteiger partial charge in [0, 0.05) is 12.1 Å². The number of carbonyl (C=O) groups excluding carboxylic acids is 1. The number of halogens is 2. The topological polar surface area (TPSA) is 49.3 Å². The Morgan fingerprint density at radius 1 is 1.57 bits per heavy atom. The zero-order valence-corrected chi connectivity index (χ0v) is 8.84. The molecule has 1 aromatic rings. The molecule has 1 aromatic carbocycles. The summed E-state index contributed by atoms with van der Waals surface area (Å²) in [5, 5.41) is 10.9. The fraction of sp³-hybridized carbons (Fsp3) is 0.222. The van der Waals surface area contributed by atoms with Crippen LogP contribution < -0.4 is 5.32 Å². The lowest BCUT2D eigenvalue weighted by Crippen LogP contribution is -2.26. The zero-order chi connectivity index (χ0) is 10.6. The van der Waals surface area contributed by atoms with E-state index in [1.54, 1.807) is 0 Å². The van der Waals surface area contributed by atoms with Gasteiger partial charge in [-0.3, -0.25) is 4.79 Å². The fourth-order valence-corrected chi connectivity index (χ4v) is 1.16. The van der Waals surface area contributed by atoms with Crippen LogP contribution in [-0.4, -0.2) is 24.2 Å². The van der Waals surface area contributed by atoms with Crippen LogP contribution in [0.5, 0.6) is 0 Å². The SMILES string of the molecule is O=C(NCCO)c1ccc(Br)c(F)c1. The molecule has 0 aliphatic rings. The third kappa shape index (κ3) is 2.78. The average Bonchev–Trinajstić information content (AvgIpc) is 2.18. The Bertz CT molecular complexity index is 344. The minimum atomic E-state index is -0.485. The summed E-state index contributed by atoms with van der Waals surface area (Å²) in [6.07, 6.45) is 0. The van der Waals surface area contributed by atoms with E-state index in [1.807, 2.05) is 0 Å². The second kappa shape index (κ2) is 5.07. The van der Waals surface area contributed by atoms with Crippen molar-refractivity contribution in [1.29, 1.82) is 0 Å². The van der Waals surface area contributed by atoms with Gasteiger partial charge in [0.15, 0.2) is 0 Å². The molecule has 5 heteroatoms. The van der Waals surface area contributed by atoms with Crippen molar-refractivity contribution < 1.29 is 14.3 Å². The first kappa shape index (κ1) is 11.1. The van der Waals surface area contributed by atoms with Gasteiger partial charge in [0.2, 0.25) is 0 Å². The Balaban J connectivity index is 2.76. The van der Waals surface area contributed by atoms with Crippen LogP contribution in [0.15, 0.2) is 22.7 Å². The van der Waals surface area contributed by atoms with E-state index < -0.39 is 11.7 Å². The molecule has 0 atom stereocenters. The highest BCUT2D eigenvalue weighted by molar-refractivity contribution is 9.10. The molecule has 1 rings (SSSR count). The molecule has 0 aromatic heterocycles. The molecule has 0 fully saturated rings.